The molecule has 1 heterocycles. The van der Waals surface area contributed by atoms with Crippen LogP contribution in [0.25, 0.3) is 10.9 Å². The molecule has 0 radical (unpaired) electrons. The fourth-order valence-corrected chi connectivity index (χ4v) is 4.03. The summed E-state index contributed by atoms with van der Waals surface area (Å²) < 4.78 is 0. The standard InChI is InChI=1S/C25H30N4O/c1-5-6-15-29(4)16-22(19-11-8-7-9-12-19)18(2)23-20-13-10-14-21(25(30)26-3)24(20)28-17-27-23/h7-14,17-18,22H,3,5-6,15-16H2,1-2,4H3. The average Bonchev–Trinajstić information content (AvgIpc) is 2.80. The first-order valence-corrected chi connectivity index (χ1v) is 10.5. The first kappa shape index (κ1) is 21.8. The molecule has 0 aliphatic carbocycles. The molecule has 3 aromatic rings. The highest BCUT2D eigenvalue weighted by Crippen LogP contribution is 2.35. The maximum atomic E-state index is 12.2. The predicted molar refractivity (Wildman–Crippen MR) is 123 cm³/mol. The van der Waals surface area contributed by atoms with Gasteiger partial charge in [-0.25, -0.2) is 15.0 Å². The number of fused-ring (bicyclic) bond motifs is 1. The van der Waals surface area contributed by atoms with Gasteiger partial charge in [-0.15, -0.1) is 0 Å². The van der Waals surface area contributed by atoms with E-state index in [1.165, 1.54) is 18.4 Å². The number of carbonyl (C=O) groups is 1. The predicted octanol–water partition coefficient (Wildman–Crippen LogP) is 5.09. The van der Waals surface area contributed by atoms with E-state index in [2.05, 4.69) is 71.7 Å². The summed E-state index contributed by atoms with van der Waals surface area (Å²) in [4.78, 5) is 27.3. The second kappa shape index (κ2) is 10.2. The highest BCUT2D eigenvalue weighted by Gasteiger charge is 2.26. The van der Waals surface area contributed by atoms with Crippen LogP contribution >= 0.6 is 0 Å². The maximum absolute atomic E-state index is 12.2. The zero-order valence-corrected chi connectivity index (χ0v) is 18.1. The molecular formula is C25H30N4O. The van der Waals surface area contributed by atoms with Gasteiger partial charge in [0.05, 0.1) is 16.8 Å². The number of benzene rings is 2. The molecule has 0 fully saturated rings. The van der Waals surface area contributed by atoms with Gasteiger partial charge in [0.25, 0.3) is 5.91 Å². The minimum absolute atomic E-state index is 0.143. The number of nitrogens with zero attached hydrogens (tertiary/aromatic N) is 4. The van der Waals surface area contributed by atoms with E-state index in [1.54, 1.807) is 12.4 Å². The second-order valence-corrected chi connectivity index (χ2v) is 7.85. The average molecular weight is 403 g/mol. The minimum Gasteiger partial charge on any atom is -0.306 e. The number of unbranched alkanes of at least 4 members (excludes halogenated alkanes) is 1. The fraction of sp³-hybridized carbons (Fsp3) is 0.360. The molecule has 3 rings (SSSR count). The number of rotatable bonds is 9. The topological polar surface area (TPSA) is 58.5 Å². The monoisotopic (exact) mass is 402 g/mol. The van der Waals surface area contributed by atoms with Crippen LogP contribution in [0.15, 0.2) is 59.9 Å². The molecule has 5 nitrogen and oxygen atoms in total. The number of aromatic nitrogens is 2. The van der Waals surface area contributed by atoms with Gasteiger partial charge in [-0.3, -0.25) is 4.79 Å². The van der Waals surface area contributed by atoms with Gasteiger partial charge in [0.15, 0.2) is 0 Å². The Hall–Kier alpha value is -2.92. The van der Waals surface area contributed by atoms with Crippen molar-refractivity contribution in [3.8, 4) is 0 Å². The normalized spacial score (nSPS) is 13.3. The van der Waals surface area contributed by atoms with Crippen LogP contribution in [0.3, 0.4) is 0 Å². The van der Waals surface area contributed by atoms with E-state index in [9.17, 15) is 4.79 Å². The summed E-state index contributed by atoms with van der Waals surface area (Å²) in [7, 11) is 2.18. The number of hydrogen-bond donors (Lipinski definition) is 0. The molecule has 1 aromatic heterocycles. The molecule has 2 unspecified atom stereocenters. The van der Waals surface area contributed by atoms with Gasteiger partial charge >= 0.3 is 0 Å². The van der Waals surface area contributed by atoms with E-state index in [1.807, 2.05) is 18.2 Å². The van der Waals surface area contributed by atoms with Gasteiger partial charge in [-0.2, -0.15) is 0 Å². The molecule has 0 saturated carbocycles. The molecule has 2 aromatic carbocycles. The molecule has 0 saturated heterocycles. The van der Waals surface area contributed by atoms with Crippen molar-refractivity contribution in [2.75, 3.05) is 20.1 Å². The lowest BCUT2D eigenvalue weighted by Gasteiger charge is -2.29. The lowest BCUT2D eigenvalue weighted by atomic mass is 9.83. The van der Waals surface area contributed by atoms with E-state index in [0.717, 1.165) is 24.2 Å². The summed E-state index contributed by atoms with van der Waals surface area (Å²) >= 11 is 0. The molecule has 2 atom stereocenters. The summed E-state index contributed by atoms with van der Waals surface area (Å²) in [6.07, 6.45) is 3.92. The van der Waals surface area contributed by atoms with Crippen molar-refractivity contribution in [3.05, 3.63) is 71.7 Å². The Morgan fingerprint density at radius 2 is 1.90 bits per heavy atom. The number of amides is 1. The highest BCUT2D eigenvalue weighted by molar-refractivity contribution is 6.07. The van der Waals surface area contributed by atoms with Crippen molar-refractivity contribution < 1.29 is 4.79 Å². The van der Waals surface area contributed by atoms with Crippen LogP contribution in [-0.2, 0) is 0 Å². The number of likely N-dealkylation sites (N-methyl/N-ethyl adjacent to an activating group) is 1. The molecule has 1 amide bonds. The second-order valence-electron chi connectivity index (χ2n) is 7.85. The van der Waals surface area contributed by atoms with E-state index in [0.29, 0.717) is 11.1 Å². The van der Waals surface area contributed by atoms with Crippen molar-refractivity contribution in [1.29, 1.82) is 0 Å². The van der Waals surface area contributed by atoms with E-state index in [4.69, 9.17) is 0 Å². The minimum atomic E-state index is -0.364. The van der Waals surface area contributed by atoms with Crippen LogP contribution < -0.4 is 0 Å². The van der Waals surface area contributed by atoms with E-state index >= 15 is 0 Å². The molecule has 30 heavy (non-hydrogen) atoms. The summed E-state index contributed by atoms with van der Waals surface area (Å²) in [5.41, 5.74) is 3.35. The summed E-state index contributed by atoms with van der Waals surface area (Å²) in [5, 5.41) is 0.900. The Morgan fingerprint density at radius 1 is 1.13 bits per heavy atom. The van der Waals surface area contributed by atoms with E-state index in [-0.39, 0.29) is 17.7 Å². The summed E-state index contributed by atoms with van der Waals surface area (Å²) in [6, 6.07) is 16.2. The summed E-state index contributed by atoms with van der Waals surface area (Å²) in [6.45, 7) is 9.82. The van der Waals surface area contributed by atoms with Gasteiger partial charge in [0.1, 0.15) is 6.33 Å². The Bertz CT molecular complexity index is 1000. The largest absolute Gasteiger partial charge is 0.306 e. The van der Waals surface area contributed by atoms with Gasteiger partial charge in [0, 0.05) is 23.8 Å². The van der Waals surface area contributed by atoms with Crippen molar-refractivity contribution in [1.82, 2.24) is 14.9 Å². The molecule has 156 valence electrons. The summed E-state index contributed by atoms with van der Waals surface area (Å²) in [5.74, 6) is 0.0453. The van der Waals surface area contributed by atoms with Gasteiger partial charge < -0.3 is 4.90 Å². The first-order chi connectivity index (χ1) is 14.6. The van der Waals surface area contributed by atoms with Crippen LogP contribution in [0.5, 0.6) is 0 Å². The lowest BCUT2D eigenvalue weighted by Crippen LogP contribution is -2.28. The molecule has 0 aliphatic rings. The molecular weight excluding hydrogens is 372 g/mol. The highest BCUT2D eigenvalue weighted by atomic mass is 16.1. The number of hydrogen-bond acceptors (Lipinski definition) is 4. The number of carbonyl (C=O) groups excluding carboxylic acids is 1. The van der Waals surface area contributed by atoms with Crippen LogP contribution in [0, 0.1) is 0 Å². The van der Waals surface area contributed by atoms with Crippen molar-refractivity contribution in [3.63, 3.8) is 0 Å². The number of aliphatic imine (C=N–C) groups is 1. The molecule has 0 N–H and O–H groups in total. The van der Waals surface area contributed by atoms with Crippen LogP contribution in [-0.4, -0.2) is 47.6 Å². The maximum Gasteiger partial charge on any atom is 0.278 e. The third-order valence-electron chi connectivity index (χ3n) is 5.73. The van der Waals surface area contributed by atoms with Crippen molar-refractivity contribution in [2.45, 2.75) is 38.5 Å². The molecule has 0 bridgehead atoms. The first-order valence-electron chi connectivity index (χ1n) is 10.5. The third-order valence-corrected chi connectivity index (χ3v) is 5.73. The zero-order chi connectivity index (χ0) is 21.5. The smallest absolute Gasteiger partial charge is 0.278 e. The van der Waals surface area contributed by atoms with Crippen LogP contribution in [0.2, 0.25) is 0 Å². The van der Waals surface area contributed by atoms with Crippen molar-refractivity contribution in [2.24, 2.45) is 4.99 Å². The molecule has 0 spiro atoms. The SMILES string of the molecule is C=NC(=O)c1cccc2c(C(C)C(CN(C)CCCC)c3ccccc3)ncnc12. The Labute approximate surface area is 178 Å². The van der Waals surface area contributed by atoms with Crippen LogP contribution in [0.1, 0.15) is 60.1 Å². The Morgan fingerprint density at radius 3 is 2.60 bits per heavy atom. The van der Waals surface area contributed by atoms with E-state index < -0.39 is 0 Å². The molecule has 0 aliphatic heterocycles. The third kappa shape index (κ3) is 4.79. The lowest BCUT2D eigenvalue weighted by molar-refractivity contribution is 0.100. The Kier molecular flexibility index (Phi) is 7.41. The van der Waals surface area contributed by atoms with Gasteiger partial charge in [-0.05, 0) is 38.4 Å². The quantitative estimate of drug-likeness (QED) is 0.468. The Balaban J connectivity index is 2.04. The molecule has 5 heteroatoms. The zero-order valence-electron chi connectivity index (χ0n) is 18.1. The fourth-order valence-electron chi connectivity index (χ4n) is 4.03. The van der Waals surface area contributed by atoms with Crippen molar-refractivity contribution >= 4 is 23.5 Å². The van der Waals surface area contributed by atoms with Gasteiger partial charge in [-0.1, -0.05) is 62.7 Å². The van der Waals surface area contributed by atoms with Gasteiger partial charge in [0.2, 0.25) is 0 Å². The van der Waals surface area contributed by atoms with Crippen LogP contribution in [0.4, 0.5) is 0 Å². The number of para-hydroxylation sites is 1.